The van der Waals surface area contributed by atoms with Crippen LogP contribution in [0.5, 0.6) is 0 Å². The van der Waals surface area contributed by atoms with Gasteiger partial charge in [0.2, 0.25) is 0 Å². The summed E-state index contributed by atoms with van der Waals surface area (Å²) in [6.07, 6.45) is 3.69. The lowest BCUT2D eigenvalue weighted by molar-refractivity contribution is 0.142. The lowest BCUT2D eigenvalue weighted by Gasteiger charge is -2.36. The number of nitrogens with two attached hydrogens (primary N) is 1. The molecular weight excluding hydrogens is 230 g/mol. The molecule has 0 unspecified atom stereocenters. The fraction of sp³-hybridized carbons (Fsp3) is 0.444. The van der Waals surface area contributed by atoms with Crippen molar-refractivity contribution in [2.24, 2.45) is 5.73 Å². The number of likely N-dealkylation sites (tertiary alicyclic amines) is 1. The Balaban J connectivity index is 1.94. The van der Waals surface area contributed by atoms with E-state index >= 15 is 0 Å². The summed E-state index contributed by atoms with van der Waals surface area (Å²) < 4.78 is 1.04. The van der Waals surface area contributed by atoms with Crippen LogP contribution >= 0.6 is 15.9 Å². The molecule has 70 valence electrons. The fourth-order valence-corrected chi connectivity index (χ4v) is 1.95. The van der Waals surface area contributed by atoms with Crippen LogP contribution in [-0.2, 0) is 6.54 Å². The Morgan fingerprint density at radius 1 is 1.54 bits per heavy atom. The van der Waals surface area contributed by atoms with Gasteiger partial charge in [0.1, 0.15) is 0 Å². The van der Waals surface area contributed by atoms with Crippen molar-refractivity contribution in [3.8, 4) is 0 Å². The minimum absolute atomic E-state index is 0.375. The first kappa shape index (κ1) is 9.12. The highest BCUT2D eigenvalue weighted by molar-refractivity contribution is 9.10. The molecule has 13 heavy (non-hydrogen) atoms. The maximum atomic E-state index is 5.69. The summed E-state index contributed by atoms with van der Waals surface area (Å²) in [5.41, 5.74) is 6.92. The van der Waals surface area contributed by atoms with Crippen LogP contribution in [0.15, 0.2) is 22.9 Å². The molecule has 0 bridgehead atoms. The SMILES string of the molecule is NC1CN(Cc2cncc(Br)c2)C1. The summed E-state index contributed by atoms with van der Waals surface area (Å²) in [6, 6.07) is 2.47. The minimum atomic E-state index is 0.375. The number of nitrogens with zero attached hydrogens (tertiary/aromatic N) is 2. The first-order chi connectivity index (χ1) is 6.24. The number of rotatable bonds is 2. The van der Waals surface area contributed by atoms with Crippen molar-refractivity contribution in [2.75, 3.05) is 13.1 Å². The molecule has 1 aliphatic heterocycles. The zero-order chi connectivity index (χ0) is 9.26. The molecule has 0 radical (unpaired) electrons. The lowest BCUT2D eigenvalue weighted by Crippen LogP contribution is -2.54. The first-order valence-electron chi connectivity index (χ1n) is 4.31. The molecule has 0 spiro atoms. The van der Waals surface area contributed by atoms with Gasteiger partial charge in [-0.2, -0.15) is 0 Å². The Kier molecular flexibility index (Phi) is 2.62. The molecule has 1 aliphatic rings. The third-order valence-corrected chi connectivity index (χ3v) is 2.59. The van der Waals surface area contributed by atoms with Crippen LogP contribution in [0.25, 0.3) is 0 Å². The van der Waals surface area contributed by atoms with Crippen LogP contribution < -0.4 is 5.73 Å². The highest BCUT2D eigenvalue weighted by Crippen LogP contribution is 2.14. The van der Waals surface area contributed by atoms with E-state index in [-0.39, 0.29) is 0 Å². The topological polar surface area (TPSA) is 42.1 Å². The molecule has 2 N–H and O–H groups in total. The maximum Gasteiger partial charge on any atom is 0.0410 e. The molecule has 0 amide bonds. The summed E-state index contributed by atoms with van der Waals surface area (Å²) >= 11 is 3.40. The van der Waals surface area contributed by atoms with Gasteiger partial charge >= 0.3 is 0 Å². The van der Waals surface area contributed by atoms with Gasteiger partial charge in [-0.3, -0.25) is 9.88 Å². The molecule has 0 saturated carbocycles. The van der Waals surface area contributed by atoms with Gasteiger partial charge in [-0.05, 0) is 27.6 Å². The van der Waals surface area contributed by atoms with Crippen molar-refractivity contribution in [3.05, 3.63) is 28.5 Å². The maximum absolute atomic E-state index is 5.69. The van der Waals surface area contributed by atoms with Crippen molar-refractivity contribution < 1.29 is 0 Å². The summed E-state index contributed by atoms with van der Waals surface area (Å²) in [5, 5.41) is 0. The average molecular weight is 242 g/mol. The predicted octanol–water partition coefficient (Wildman–Crippen LogP) is 0.987. The average Bonchev–Trinajstić information content (AvgIpc) is 2.01. The molecule has 0 atom stereocenters. The minimum Gasteiger partial charge on any atom is -0.325 e. The second-order valence-electron chi connectivity index (χ2n) is 3.47. The van der Waals surface area contributed by atoms with E-state index in [2.05, 4.69) is 31.9 Å². The number of aromatic nitrogens is 1. The van der Waals surface area contributed by atoms with E-state index < -0.39 is 0 Å². The zero-order valence-corrected chi connectivity index (χ0v) is 8.87. The van der Waals surface area contributed by atoms with Gasteiger partial charge in [-0.25, -0.2) is 0 Å². The standard InChI is InChI=1S/C9H12BrN3/c10-8-1-7(2-12-3-8)4-13-5-9(11)6-13/h1-3,9H,4-6,11H2. The van der Waals surface area contributed by atoms with Gasteiger partial charge in [0, 0.05) is 42.5 Å². The zero-order valence-electron chi connectivity index (χ0n) is 7.28. The number of hydrogen-bond acceptors (Lipinski definition) is 3. The van der Waals surface area contributed by atoms with E-state index in [0.717, 1.165) is 24.1 Å². The van der Waals surface area contributed by atoms with E-state index in [9.17, 15) is 0 Å². The summed E-state index contributed by atoms with van der Waals surface area (Å²) in [6.45, 7) is 2.97. The summed E-state index contributed by atoms with van der Waals surface area (Å²) in [7, 11) is 0. The second kappa shape index (κ2) is 3.74. The molecule has 1 saturated heterocycles. The van der Waals surface area contributed by atoms with Gasteiger partial charge in [-0.1, -0.05) is 0 Å². The monoisotopic (exact) mass is 241 g/mol. The molecule has 3 nitrogen and oxygen atoms in total. The third-order valence-electron chi connectivity index (χ3n) is 2.15. The second-order valence-corrected chi connectivity index (χ2v) is 4.38. The van der Waals surface area contributed by atoms with Crippen LogP contribution in [0.1, 0.15) is 5.56 Å². The third kappa shape index (κ3) is 2.27. The van der Waals surface area contributed by atoms with Gasteiger partial charge < -0.3 is 5.73 Å². The molecule has 0 aliphatic carbocycles. The molecule has 1 aromatic heterocycles. The Hall–Kier alpha value is -0.450. The Morgan fingerprint density at radius 2 is 2.31 bits per heavy atom. The Bertz CT molecular complexity index is 297. The van der Waals surface area contributed by atoms with Gasteiger partial charge in [0.05, 0.1) is 0 Å². The number of hydrogen-bond donors (Lipinski definition) is 1. The molecule has 0 aromatic carbocycles. The van der Waals surface area contributed by atoms with E-state index in [0.29, 0.717) is 6.04 Å². The van der Waals surface area contributed by atoms with Crippen molar-refractivity contribution >= 4 is 15.9 Å². The van der Waals surface area contributed by atoms with E-state index in [1.165, 1.54) is 5.56 Å². The molecule has 2 heterocycles. The van der Waals surface area contributed by atoms with Crippen LogP contribution in [0.4, 0.5) is 0 Å². The molecule has 4 heteroatoms. The van der Waals surface area contributed by atoms with E-state index in [1.54, 1.807) is 6.20 Å². The number of pyridine rings is 1. The van der Waals surface area contributed by atoms with E-state index in [4.69, 9.17) is 5.73 Å². The highest BCUT2D eigenvalue weighted by atomic mass is 79.9. The van der Waals surface area contributed by atoms with Crippen LogP contribution in [0.2, 0.25) is 0 Å². The first-order valence-corrected chi connectivity index (χ1v) is 5.11. The Morgan fingerprint density at radius 3 is 2.92 bits per heavy atom. The van der Waals surface area contributed by atoms with Crippen LogP contribution in [0, 0.1) is 0 Å². The Labute approximate surface area is 86.1 Å². The van der Waals surface area contributed by atoms with Crippen molar-refractivity contribution in [1.82, 2.24) is 9.88 Å². The largest absolute Gasteiger partial charge is 0.325 e. The van der Waals surface area contributed by atoms with Gasteiger partial charge in [0.15, 0.2) is 0 Å². The van der Waals surface area contributed by atoms with Crippen molar-refractivity contribution in [3.63, 3.8) is 0 Å². The fourth-order valence-electron chi connectivity index (χ4n) is 1.54. The van der Waals surface area contributed by atoms with Gasteiger partial charge in [0.25, 0.3) is 0 Å². The van der Waals surface area contributed by atoms with Gasteiger partial charge in [-0.15, -0.1) is 0 Å². The molecular formula is C9H12BrN3. The highest BCUT2D eigenvalue weighted by Gasteiger charge is 2.22. The van der Waals surface area contributed by atoms with E-state index in [1.807, 2.05) is 6.20 Å². The smallest absolute Gasteiger partial charge is 0.0410 e. The number of halogens is 1. The molecule has 1 fully saturated rings. The normalized spacial score (nSPS) is 18.6. The summed E-state index contributed by atoms with van der Waals surface area (Å²) in [4.78, 5) is 6.42. The predicted molar refractivity (Wildman–Crippen MR) is 55.2 cm³/mol. The van der Waals surface area contributed by atoms with Crippen molar-refractivity contribution in [2.45, 2.75) is 12.6 Å². The molecule has 1 aromatic rings. The molecule has 2 rings (SSSR count). The summed E-state index contributed by atoms with van der Waals surface area (Å²) in [5.74, 6) is 0. The van der Waals surface area contributed by atoms with Crippen LogP contribution in [-0.4, -0.2) is 29.0 Å². The lowest BCUT2D eigenvalue weighted by atomic mass is 10.1. The quantitative estimate of drug-likeness (QED) is 0.840. The van der Waals surface area contributed by atoms with Crippen molar-refractivity contribution in [1.29, 1.82) is 0 Å². The van der Waals surface area contributed by atoms with Crippen LogP contribution in [0.3, 0.4) is 0 Å².